The fourth-order valence-electron chi connectivity index (χ4n) is 5.65. The molecule has 0 radical (unpaired) electrons. The Morgan fingerprint density at radius 1 is 1.12 bits per heavy atom. The third-order valence-electron chi connectivity index (χ3n) is 7.55. The van der Waals surface area contributed by atoms with Gasteiger partial charge in [0.2, 0.25) is 0 Å². The van der Waals surface area contributed by atoms with Crippen LogP contribution in [0.5, 0.6) is 0 Å². The second-order valence-corrected chi connectivity index (χ2v) is 9.82. The van der Waals surface area contributed by atoms with Crippen LogP contribution in [0.3, 0.4) is 0 Å². The fourth-order valence-corrected chi connectivity index (χ4v) is 5.65. The largest absolute Gasteiger partial charge is 0.416 e. The number of hydrogen-bond donors (Lipinski definition) is 1. The average molecular weight is 477 g/mol. The number of aliphatic hydroxyl groups excluding tert-OH is 1. The van der Waals surface area contributed by atoms with E-state index in [0.29, 0.717) is 36.1 Å². The molecule has 1 amide bonds. The molecule has 34 heavy (non-hydrogen) atoms. The zero-order valence-electron chi connectivity index (χ0n) is 19.4. The first kappa shape index (κ1) is 23.4. The Bertz CT molecular complexity index is 1050. The topological polar surface area (TPSA) is 61.6 Å². The van der Waals surface area contributed by atoms with E-state index < -0.39 is 11.7 Å². The van der Waals surface area contributed by atoms with E-state index in [9.17, 15) is 23.1 Å². The highest BCUT2D eigenvalue weighted by Crippen LogP contribution is 2.44. The first-order valence-electron chi connectivity index (χ1n) is 12.2. The Kier molecular flexibility index (Phi) is 6.18. The molecule has 184 valence electrons. The number of piperidine rings is 1. The second kappa shape index (κ2) is 9.00. The van der Waals surface area contributed by atoms with Gasteiger partial charge in [-0.25, -0.2) is 4.68 Å². The first-order valence-corrected chi connectivity index (χ1v) is 12.2. The minimum atomic E-state index is -4.44. The van der Waals surface area contributed by atoms with Crippen LogP contribution in [0.1, 0.15) is 71.8 Å². The van der Waals surface area contributed by atoms with Crippen LogP contribution < -0.4 is 0 Å². The van der Waals surface area contributed by atoms with Crippen molar-refractivity contribution >= 4 is 5.91 Å². The average Bonchev–Trinajstić information content (AvgIpc) is 3.44. The van der Waals surface area contributed by atoms with Crippen LogP contribution in [0.15, 0.2) is 24.3 Å². The molecule has 3 fully saturated rings. The monoisotopic (exact) mass is 476 g/mol. The van der Waals surface area contributed by atoms with Gasteiger partial charge >= 0.3 is 6.18 Å². The third-order valence-corrected chi connectivity index (χ3v) is 7.55. The third kappa shape index (κ3) is 4.35. The van der Waals surface area contributed by atoms with E-state index in [0.717, 1.165) is 62.9 Å². The number of carbonyl (C=O) groups excluding carboxylic acids is 1. The number of alkyl halides is 3. The first-order chi connectivity index (χ1) is 16.3. The lowest BCUT2D eigenvalue weighted by Crippen LogP contribution is -2.49. The molecule has 9 heteroatoms. The zero-order chi connectivity index (χ0) is 24.0. The number of aromatic nitrogens is 2. The predicted octanol–water partition coefficient (Wildman–Crippen LogP) is 4.14. The molecule has 1 saturated carbocycles. The number of aryl methyl sites for hydroxylation is 1. The van der Waals surface area contributed by atoms with E-state index >= 15 is 0 Å². The van der Waals surface area contributed by atoms with Crippen LogP contribution in [0.25, 0.3) is 5.69 Å². The fraction of sp³-hybridized carbons (Fsp3) is 0.600. The van der Waals surface area contributed by atoms with Crippen molar-refractivity contribution < 1.29 is 23.1 Å². The summed E-state index contributed by atoms with van der Waals surface area (Å²) in [7, 11) is 0. The zero-order valence-corrected chi connectivity index (χ0v) is 19.4. The summed E-state index contributed by atoms with van der Waals surface area (Å²) in [5.41, 5.74) is 1.46. The van der Waals surface area contributed by atoms with Gasteiger partial charge in [-0.3, -0.25) is 9.69 Å². The number of likely N-dealkylation sites (tertiary alicyclic amines) is 2. The molecule has 1 atom stereocenters. The van der Waals surface area contributed by atoms with Crippen molar-refractivity contribution in [1.82, 2.24) is 19.6 Å². The molecule has 0 spiro atoms. The van der Waals surface area contributed by atoms with Crippen molar-refractivity contribution in [2.24, 2.45) is 0 Å². The number of rotatable bonds is 5. The van der Waals surface area contributed by atoms with Crippen molar-refractivity contribution in [3.05, 3.63) is 46.8 Å². The highest BCUT2D eigenvalue weighted by atomic mass is 19.4. The van der Waals surface area contributed by atoms with Gasteiger partial charge in [0.15, 0.2) is 0 Å². The molecule has 0 bridgehead atoms. The minimum Gasteiger partial charge on any atom is -0.395 e. The number of benzene rings is 1. The Balaban J connectivity index is 1.39. The summed E-state index contributed by atoms with van der Waals surface area (Å²) in [6.45, 7) is 4.22. The van der Waals surface area contributed by atoms with E-state index in [1.165, 1.54) is 6.07 Å². The highest BCUT2D eigenvalue weighted by molar-refractivity contribution is 5.97. The number of halogens is 3. The molecule has 5 rings (SSSR count). The number of nitrogens with zero attached hydrogens (tertiary/aromatic N) is 4. The maximum absolute atomic E-state index is 13.6. The maximum atomic E-state index is 13.6. The van der Waals surface area contributed by atoms with Gasteiger partial charge < -0.3 is 10.0 Å². The van der Waals surface area contributed by atoms with E-state index in [2.05, 4.69) is 10.00 Å². The minimum absolute atomic E-state index is 0.0730. The smallest absolute Gasteiger partial charge is 0.395 e. The molecule has 0 unspecified atom stereocenters. The normalized spacial score (nSPS) is 22.5. The molecule has 2 saturated heterocycles. The molecular formula is C25H31F3N4O2. The Morgan fingerprint density at radius 3 is 2.50 bits per heavy atom. The summed E-state index contributed by atoms with van der Waals surface area (Å²) < 4.78 is 41.4. The summed E-state index contributed by atoms with van der Waals surface area (Å²) in [6.07, 6.45) is 1.22. The lowest BCUT2D eigenvalue weighted by Gasteiger charge is -2.39. The summed E-state index contributed by atoms with van der Waals surface area (Å²) in [4.78, 5) is 17.9. The molecule has 3 heterocycles. The Morgan fingerprint density at radius 2 is 1.85 bits per heavy atom. The van der Waals surface area contributed by atoms with Crippen LogP contribution in [0, 0.1) is 6.92 Å². The second-order valence-electron chi connectivity index (χ2n) is 9.82. The van der Waals surface area contributed by atoms with Gasteiger partial charge in [-0.1, -0.05) is 6.07 Å². The standard InChI is InChI=1S/C25H31F3N4O2/c1-16-22(24(34)30-12-9-19(10-13-30)31-11-3-6-21(31)15-33)23(17-7-8-17)32(29-16)20-5-2-4-18(14-20)25(26,27)28/h2,4-5,14,17,19,21,33H,3,6-13,15H2,1H3/t21-/m0/s1. The molecular weight excluding hydrogens is 445 g/mol. The van der Waals surface area contributed by atoms with Crippen molar-refractivity contribution in [3.63, 3.8) is 0 Å². The summed E-state index contributed by atoms with van der Waals surface area (Å²) >= 11 is 0. The van der Waals surface area contributed by atoms with Gasteiger partial charge in [0, 0.05) is 31.1 Å². The van der Waals surface area contributed by atoms with Gasteiger partial charge in [0.05, 0.1) is 34.8 Å². The summed E-state index contributed by atoms with van der Waals surface area (Å²) in [5, 5.41) is 14.2. The van der Waals surface area contributed by atoms with Crippen LogP contribution in [0.4, 0.5) is 13.2 Å². The van der Waals surface area contributed by atoms with Crippen LogP contribution >= 0.6 is 0 Å². The van der Waals surface area contributed by atoms with Gasteiger partial charge in [-0.05, 0) is 70.2 Å². The van der Waals surface area contributed by atoms with Crippen molar-refractivity contribution in [3.8, 4) is 5.69 Å². The van der Waals surface area contributed by atoms with Gasteiger partial charge in [0.25, 0.3) is 5.91 Å². The van der Waals surface area contributed by atoms with Gasteiger partial charge in [0.1, 0.15) is 0 Å². The van der Waals surface area contributed by atoms with E-state index in [1.54, 1.807) is 17.7 Å². The van der Waals surface area contributed by atoms with E-state index in [1.807, 2.05) is 4.90 Å². The maximum Gasteiger partial charge on any atom is 0.416 e. The quantitative estimate of drug-likeness (QED) is 0.705. The SMILES string of the molecule is Cc1nn(-c2cccc(C(F)(F)F)c2)c(C2CC2)c1C(=O)N1CCC(N2CCC[C@H]2CO)CC1. The molecule has 2 aliphatic heterocycles. The lowest BCUT2D eigenvalue weighted by molar-refractivity contribution is -0.137. The molecule has 3 aliphatic rings. The summed E-state index contributed by atoms with van der Waals surface area (Å²) in [5.74, 6) is 0.0679. The molecule has 2 aromatic rings. The Labute approximate surface area is 197 Å². The molecule has 6 nitrogen and oxygen atoms in total. The highest BCUT2D eigenvalue weighted by Gasteiger charge is 2.39. The lowest BCUT2D eigenvalue weighted by atomic mass is 10.0. The van der Waals surface area contributed by atoms with Gasteiger partial charge in [-0.15, -0.1) is 0 Å². The Hall–Kier alpha value is -2.39. The number of hydrogen-bond acceptors (Lipinski definition) is 4. The van der Waals surface area contributed by atoms with Crippen molar-refractivity contribution in [2.75, 3.05) is 26.2 Å². The van der Waals surface area contributed by atoms with Gasteiger partial charge in [-0.2, -0.15) is 18.3 Å². The molecule has 1 aromatic heterocycles. The van der Waals surface area contributed by atoms with E-state index in [-0.39, 0.29) is 24.5 Å². The van der Waals surface area contributed by atoms with Crippen molar-refractivity contribution in [2.45, 2.75) is 69.6 Å². The van der Waals surface area contributed by atoms with Crippen LogP contribution in [0.2, 0.25) is 0 Å². The predicted molar refractivity (Wildman–Crippen MR) is 121 cm³/mol. The number of amides is 1. The number of carbonyl (C=O) groups is 1. The molecule has 1 N–H and O–H groups in total. The van der Waals surface area contributed by atoms with Crippen molar-refractivity contribution in [1.29, 1.82) is 0 Å². The van der Waals surface area contributed by atoms with Crippen LogP contribution in [-0.2, 0) is 6.18 Å². The molecule has 1 aliphatic carbocycles. The van der Waals surface area contributed by atoms with Crippen LogP contribution in [-0.4, -0.2) is 68.9 Å². The molecule has 1 aromatic carbocycles. The summed E-state index contributed by atoms with van der Waals surface area (Å²) in [6, 6.07) is 5.75. The number of aliphatic hydroxyl groups is 1. The van der Waals surface area contributed by atoms with E-state index in [4.69, 9.17) is 0 Å².